The summed E-state index contributed by atoms with van der Waals surface area (Å²) in [5.74, 6) is 0.964. The summed E-state index contributed by atoms with van der Waals surface area (Å²) >= 11 is 0. The van der Waals surface area contributed by atoms with Gasteiger partial charge in [0.05, 0.1) is 26.9 Å². The predicted molar refractivity (Wildman–Crippen MR) is 64.3 cm³/mol. The first-order chi connectivity index (χ1) is 8.27. The second-order valence-electron chi connectivity index (χ2n) is 3.51. The van der Waals surface area contributed by atoms with Crippen LogP contribution in [0.1, 0.15) is 5.56 Å². The molecule has 17 heavy (non-hydrogen) atoms. The number of hydrogen-bond donors (Lipinski definition) is 3. The predicted octanol–water partition coefficient (Wildman–Crippen LogP) is 0.499. The first-order valence-electron chi connectivity index (χ1n) is 5.53. The van der Waals surface area contributed by atoms with Crippen molar-refractivity contribution < 1.29 is 19.7 Å². The van der Waals surface area contributed by atoms with E-state index in [0.29, 0.717) is 26.3 Å². The van der Waals surface area contributed by atoms with E-state index in [1.807, 2.05) is 0 Å². The van der Waals surface area contributed by atoms with Gasteiger partial charge in [-0.1, -0.05) is 0 Å². The molecule has 0 saturated heterocycles. The van der Waals surface area contributed by atoms with Crippen molar-refractivity contribution in [2.24, 2.45) is 0 Å². The third kappa shape index (κ3) is 5.04. The Balaban J connectivity index is 2.30. The molecule has 0 radical (unpaired) electrons. The maximum absolute atomic E-state index is 9.61. The number of aliphatic hydroxyl groups is 1. The highest BCUT2D eigenvalue weighted by molar-refractivity contribution is 5.39. The van der Waals surface area contributed by atoms with Gasteiger partial charge in [0.25, 0.3) is 0 Å². The van der Waals surface area contributed by atoms with Crippen molar-refractivity contribution in [3.8, 4) is 11.5 Å². The van der Waals surface area contributed by atoms with Crippen molar-refractivity contribution in [1.82, 2.24) is 5.32 Å². The van der Waals surface area contributed by atoms with Crippen LogP contribution in [0, 0.1) is 0 Å². The molecule has 0 aromatic heterocycles. The van der Waals surface area contributed by atoms with Crippen molar-refractivity contribution in [2.45, 2.75) is 6.54 Å². The van der Waals surface area contributed by atoms with E-state index in [-0.39, 0.29) is 12.4 Å². The van der Waals surface area contributed by atoms with Gasteiger partial charge in [-0.05, 0) is 18.2 Å². The van der Waals surface area contributed by atoms with Crippen LogP contribution in [0.15, 0.2) is 18.2 Å². The Labute approximate surface area is 101 Å². The summed E-state index contributed by atoms with van der Waals surface area (Å²) in [5.41, 5.74) is 0.784. The summed E-state index contributed by atoms with van der Waals surface area (Å²) in [6, 6.07) is 5.11. The van der Waals surface area contributed by atoms with Crippen molar-refractivity contribution in [3.63, 3.8) is 0 Å². The highest BCUT2D eigenvalue weighted by Gasteiger charge is 2.02. The van der Waals surface area contributed by atoms with E-state index < -0.39 is 0 Å². The maximum atomic E-state index is 9.61. The molecule has 3 N–H and O–H groups in total. The molecule has 96 valence electrons. The molecule has 1 aromatic rings. The van der Waals surface area contributed by atoms with Crippen LogP contribution in [0.5, 0.6) is 11.5 Å². The molecular formula is C12H19NO4. The monoisotopic (exact) mass is 241 g/mol. The van der Waals surface area contributed by atoms with Crippen LogP contribution in [0.25, 0.3) is 0 Å². The van der Waals surface area contributed by atoms with E-state index in [2.05, 4.69) is 5.32 Å². The van der Waals surface area contributed by atoms with Crippen LogP contribution in [0.2, 0.25) is 0 Å². The van der Waals surface area contributed by atoms with E-state index in [4.69, 9.17) is 14.6 Å². The Morgan fingerprint density at radius 3 is 2.82 bits per heavy atom. The molecule has 1 rings (SSSR count). The fraction of sp³-hybridized carbons (Fsp3) is 0.500. The maximum Gasteiger partial charge on any atom is 0.120 e. The third-order valence-electron chi connectivity index (χ3n) is 2.26. The number of nitrogens with one attached hydrogen (secondary N) is 1. The minimum atomic E-state index is 0.0384. The summed E-state index contributed by atoms with van der Waals surface area (Å²) in [4.78, 5) is 0. The van der Waals surface area contributed by atoms with Crippen LogP contribution in [0.4, 0.5) is 0 Å². The van der Waals surface area contributed by atoms with Crippen LogP contribution in [0.3, 0.4) is 0 Å². The lowest BCUT2D eigenvalue weighted by Gasteiger charge is -2.08. The zero-order valence-corrected chi connectivity index (χ0v) is 9.98. The minimum Gasteiger partial charge on any atom is -0.508 e. The van der Waals surface area contributed by atoms with E-state index >= 15 is 0 Å². The van der Waals surface area contributed by atoms with Gasteiger partial charge in [-0.25, -0.2) is 0 Å². The normalized spacial score (nSPS) is 10.5. The second-order valence-corrected chi connectivity index (χ2v) is 3.51. The molecule has 0 bridgehead atoms. The summed E-state index contributed by atoms with van der Waals surface area (Å²) < 4.78 is 10.2. The Hall–Kier alpha value is -1.30. The SMILES string of the molecule is COc1ccc(O)c(CNCCOCCO)c1. The van der Waals surface area contributed by atoms with E-state index in [1.165, 1.54) is 0 Å². The van der Waals surface area contributed by atoms with Crippen LogP contribution in [-0.4, -0.2) is 43.7 Å². The van der Waals surface area contributed by atoms with Crippen LogP contribution in [-0.2, 0) is 11.3 Å². The molecule has 5 nitrogen and oxygen atoms in total. The lowest BCUT2D eigenvalue weighted by Crippen LogP contribution is -2.20. The van der Waals surface area contributed by atoms with Gasteiger partial charge in [0.1, 0.15) is 11.5 Å². The summed E-state index contributed by atoms with van der Waals surface area (Å²) in [7, 11) is 1.59. The van der Waals surface area contributed by atoms with Gasteiger partial charge < -0.3 is 25.0 Å². The van der Waals surface area contributed by atoms with E-state index in [1.54, 1.807) is 25.3 Å². The second kappa shape index (κ2) is 7.89. The average molecular weight is 241 g/mol. The topological polar surface area (TPSA) is 71.0 Å². The number of aliphatic hydroxyl groups excluding tert-OH is 1. The molecule has 0 heterocycles. The van der Waals surface area contributed by atoms with Crippen molar-refractivity contribution in [1.29, 1.82) is 0 Å². The number of phenolic OH excluding ortho intramolecular Hbond substituents is 1. The third-order valence-corrected chi connectivity index (χ3v) is 2.26. The zero-order valence-electron chi connectivity index (χ0n) is 9.98. The Morgan fingerprint density at radius 1 is 1.29 bits per heavy atom. The Kier molecular flexibility index (Phi) is 6.39. The molecule has 0 unspecified atom stereocenters. The van der Waals surface area contributed by atoms with Gasteiger partial charge in [0.15, 0.2) is 0 Å². The van der Waals surface area contributed by atoms with Gasteiger partial charge in [0.2, 0.25) is 0 Å². The Morgan fingerprint density at radius 2 is 2.12 bits per heavy atom. The number of ether oxygens (including phenoxy) is 2. The van der Waals surface area contributed by atoms with Crippen molar-refractivity contribution in [3.05, 3.63) is 23.8 Å². The standard InChI is InChI=1S/C12H19NO4/c1-16-11-2-3-12(15)10(8-11)9-13-4-6-17-7-5-14/h2-3,8,13-15H,4-7,9H2,1H3. The number of methoxy groups -OCH3 is 1. The quantitative estimate of drug-likeness (QED) is 0.578. The minimum absolute atomic E-state index is 0.0384. The summed E-state index contributed by atoms with van der Waals surface area (Å²) in [6.07, 6.45) is 0. The smallest absolute Gasteiger partial charge is 0.120 e. The van der Waals surface area contributed by atoms with Gasteiger partial charge in [-0.3, -0.25) is 0 Å². The number of benzene rings is 1. The molecule has 0 amide bonds. The highest BCUT2D eigenvalue weighted by Crippen LogP contribution is 2.22. The number of rotatable bonds is 8. The fourth-order valence-corrected chi connectivity index (χ4v) is 1.36. The highest BCUT2D eigenvalue weighted by atomic mass is 16.5. The van der Waals surface area contributed by atoms with Gasteiger partial charge in [0, 0.05) is 18.7 Å². The average Bonchev–Trinajstić information content (AvgIpc) is 2.35. The lowest BCUT2D eigenvalue weighted by molar-refractivity contribution is 0.0938. The first-order valence-corrected chi connectivity index (χ1v) is 5.53. The number of phenols is 1. The van der Waals surface area contributed by atoms with Crippen LogP contribution >= 0.6 is 0 Å². The molecule has 1 aromatic carbocycles. The van der Waals surface area contributed by atoms with E-state index in [9.17, 15) is 5.11 Å². The first kappa shape index (κ1) is 13.8. The number of hydrogen-bond acceptors (Lipinski definition) is 5. The number of aromatic hydroxyl groups is 1. The molecule has 0 aliphatic carbocycles. The lowest BCUT2D eigenvalue weighted by atomic mass is 10.2. The molecule has 0 spiro atoms. The van der Waals surface area contributed by atoms with Gasteiger partial charge in [-0.15, -0.1) is 0 Å². The van der Waals surface area contributed by atoms with Crippen LogP contribution < -0.4 is 10.1 Å². The molecule has 0 aliphatic rings. The fourth-order valence-electron chi connectivity index (χ4n) is 1.36. The molecule has 0 fully saturated rings. The van der Waals surface area contributed by atoms with Crippen molar-refractivity contribution in [2.75, 3.05) is 33.5 Å². The molecule has 5 heteroatoms. The molecule has 0 atom stereocenters. The summed E-state index contributed by atoms with van der Waals surface area (Å²) in [6.45, 7) is 2.14. The zero-order chi connectivity index (χ0) is 12.5. The molecule has 0 saturated carbocycles. The van der Waals surface area contributed by atoms with Gasteiger partial charge in [-0.2, -0.15) is 0 Å². The largest absolute Gasteiger partial charge is 0.508 e. The Bertz CT molecular complexity index is 330. The molecule has 0 aliphatic heterocycles. The summed E-state index contributed by atoms with van der Waals surface area (Å²) in [5, 5.41) is 21.2. The molecular weight excluding hydrogens is 222 g/mol. The van der Waals surface area contributed by atoms with E-state index in [0.717, 1.165) is 11.3 Å². The van der Waals surface area contributed by atoms with Crippen molar-refractivity contribution >= 4 is 0 Å². The van der Waals surface area contributed by atoms with Gasteiger partial charge >= 0.3 is 0 Å².